The van der Waals surface area contributed by atoms with Gasteiger partial charge in [-0.25, -0.2) is 0 Å². The second-order valence-corrected chi connectivity index (χ2v) is 18.0. The Balaban J connectivity index is 0.000000784. The quantitative estimate of drug-likeness (QED) is 0.159. The first-order chi connectivity index (χ1) is 36.2. The lowest BCUT2D eigenvalue weighted by Crippen LogP contribution is -2.34. The van der Waals surface area contributed by atoms with E-state index in [9.17, 15) is 0 Å². The average molecular weight is 957 g/mol. The van der Waals surface area contributed by atoms with Crippen molar-refractivity contribution >= 4 is 61.4 Å². The third-order valence-electron chi connectivity index (χ3n) is 14.9. The van der Waals surface area contributed by atoms with Crippen LogP contribution in [-0.2, 0) is 5.41 Å². The van der Waals surface area contributed by atoms with Crippen LogP contribution in [0.4, 0.5) is 5.69 Å². The lowest BCUT2D eigenvalue weighted by molar-refractivity contribution is 0.595. The van der Waals surface area contributed by atoms with Crippen LogP contribution in [0.25, 0.3) is 61.4 Å². The second-order valence-electron chi connectivity index (χ2n) is 18.0. The predicted octanol–water partition coefficient (Wildman–Crippen LogP) is 20.3. The summed E-state index contributed by atoms with van der Waals surface area (Å²) in [5.74, 6) is 0.839. The van der Waals surface area contributed by atoms with E-state index in [1.807, 2.05) is 67.5 Å². The normalized spacial score (nSPS) is 16.9. The molecule has 1 spiro atoms. The highest BCUT2D eigenvalue weighted by Gasteiger charge is 2.52. The molecule has 3 heterocycles. The van der Waals surface area contributed by atoms with Crippen LogP contribution in [0.2, 0.25) is 0 Å². The lowest BCUT2D eigenvalue weighted by atomic mass is 9.63. The molecule has 73 heavy (non-hydrogen) atoms. The summed E-state index contributed by atoms with van der Waals surface area (Å²) < 4.78 is 9.25. The molecule has 2 aromatic heterocycles. The molecule has 0 saturated heterocycles. The van der Waals surface area contributed by atoms with Gasteiger partial charge in [-0.2, -0.15) is 0 Å². The number of allylic oxidation sites excluding steroid dienone is 13. The van der Waals surface area contributed by atoms with Crippen molar-refractivity contribution in [2.45, 2.75) is 106 Å². The molecule has 6 aromatic carbocycles. The van der Waals surface area contributed by atoms with E-state index in [1.54, 1.807) is 0 Å². The Bertz CT molecular complexity index is 3570. The number of nitrogens with zero attached hydrogens (tertiary/aromatic N) is 2. The molecule has 0 saturated carbocycles. The molecule has 0 bridgehead atoms. The highest BCUT2D eigenvalue weighted by Crippen LogP contribution is 2.62. The Hall–Kier alpha value is -7.62. The zero-order valence-corrected chi connectivity index (χ0v) is 44.7. The van der Waals surface area contributed by atoms with Gasteiger partial charge >= 0.3 is 0 Å². The van der Waals surface area contributed by atoms with E-state index in [4.69, 9.17) is 4.42 Å². The molecule has 1 atom stereocenters. The number of rotatable bonds is 7. The van der Waals surface area contributed by atoms with Crippen molar-refractivity contribution in [2.24, 2.45) is 0 Å². The fourth-order valence-corrected chi connectivity index (χ4v) is 12.1. The van der Waals surface area contributed by atoms with E-state index in [-0.39, 0.29) is 0 Å². The average Bonchev–Trinajstić information content (AvgIpc) is 4.15. The summed E-state index contributed by atoms with van der Waals surface area (Å²) in [5, 5.41) is 3.68. The molecule has 3 heteroatoms. The fourth-order valence-electron chi connectivity index (χ4n) is 12.1. The highest BCUT2D eigenvalue weighted by atomic mass is 16.3. The van der Waals surface area contributed by atoms with Crippen LogP contribution < -0.4 is 4.90 Å². The Morgan fingerprint density at radius 2 is 1.26 bits per heavy atom. The largest absolute Gasteiger partial charge is 0.454 e. The van der Waals surface area contributed by atoms with E-state index in [0.717, 1.165) is 72.2 Å². The Morgan fingerprint density at radius 3 is 1.99 bits per heavy atom. The summed E-state index contributed by atoms with van der Waals surface area (Å²) >= 11 is 0. The summed E-state index contributed by atoms with van der Waals surface area (Å²) in [5.41, 5.74) is 22.6. The van der Waals surface area contributed by atoms with Gasteiger partial charge in [0.05, 0.1) is 27.8 Å². The number of fused-ring (bicyclic) bond motifs is 12. The Kier molecular flexibility index (Phi) is 15.2. The van der Waals surface area contributed by atoms with Crippen LogP contribution in [-0.4, -0.2) is 4.57 Å². The summed E-state index contributed by atoms with van der Waals surface area (Å²) in [6.45, 7) is 22.4. The molecule has 3 nitrogen and oxygen atoms in total. The minimum absolute atomic E-state index is 0.450. The fraction of sp³-hybridized carbons (Fsp3) is 0.229. The van der Waals surface area contributed by atoms with Crippen molar-refractivity contribution in [1.82, 2.24) is 4.57 Å². The maximum atomic E-state index is 6.72. The molecule has 1 unspecified atom stereocenters. The van der Waals surface area contributed by atoms with Crippen molar-refractivity contribution < 1.29 is 4.42 Å². The smallest absolute Gasteiger partial charge is 0.159 e. The summed E-state index contributed by atoms with van der Waals surface area (Å²) in [4.78, 5) is 2.42. The Labute approximate surface area is 435 Å². The van der Waals surface area contributed by atoms with Crippen molar-refractivity contribution in [3.63, 3.8) is 0 Å². The highest BCUT2D eigenvalue weighted by molar-refractivity contribution is 6.13. The third-order valence-corrected chi connectivity index (χ3v) is 14.9. The van der Waals surface area contributed by atoms with Crippen LogP contribution >= 0.6 is 0 Å². The maximum Gasteiger partial charge on any atom is 0.159 e. The second kappa shape index (κ2) is 22.0. The van der Waals surface area contributed by atoms with Gasteiger partial charge in [0.25, 0.3) is 0 Å². The molecular formula is C70H72N2O. The molecule has 0 radical (unpaired) electrons. The molecule has 1 aliphatic heterocycles. The zero-order chi connectivity index (χ0) is 51.2. The number of para-hydroxylation sites is 4. The monoisotopic (exact) mass is 957 g/mol. The van der Waals surface area contributed by atoms with E-state index >= 15 is 0 Å². The maximum absolute atomic E-state index is 6.72. The van der Waals surface area contributed by atoms with Gasteiger partial charge in [-0.3, -0.25) is 0 Å². The molecule has 0 N–H and O–H groups in total. The van der Waals surface area contributed by atoms with Crippen molar-refractivity contribution in [3.8, 4) is 5.69 Å². The summed E-state index contributed by atoms with van der Waals surface area (Å²) in [6, 6.07) is 52.0. The van der Waals surface area contributed by atoms with Gasteiger partial charge in [0.2, 0.25) is 0 Å². The van der Waals surface area contributed by atoms with Gasteiger partial charge in [0.15, 0.2) is 5.76 Å². The number of aromatic nitrogens is 1. The predicted molar refractivity (Wildman–Crippen MR) is 317 cm³/mol. The van der Waals surface area contributed by atoms with Crippen molar-refractivity contribution in [2.75, 3.05) is 4.90 Å². The molecule has 8 aromatic rings. The number of anilines is 1. The minimum atomic E-state index is -0.450. The topological polar surface area (TPSA) is 21.3 Å². The molecule has 368 valence electrons. The first-order valence-corrected chi connectivity index (χ1v) is 27.3. The number of hydrogen-bond donors (Lipinski definition) is 0. The van der Waals surface area contributed by atoms with Gasteiger partial charge in [-0.1, -0.05) is 214 Å². The van der Waals surface area contributed by atoms with Gasteiger partial charge in [0, 0.05) is 33.1 Å². The van der Waals surface area contributed by atoms with Gasteiger partial charge in [-0.05, 0) is 138 Å². The number of benzene rings is 6. The van der Waals surface area contributed by atoms with Crippen LogP contribution in [0.5, 0.6) is 0 Å². The minimum Gasteiger partial charge on any atom is -0.454 e. The van der Waals surface area contributed by atoms with Gasteiger partial charge in [-0.15, -0.1) is 0 Å². The molecule has 5 aliphatic rings. The van der Waals surface area contributed by atoms with E-state index in [1.165, 1.54) is 88.9 Å². The molecule has 0 fully saturated rings. The zero-order valence-electron chi connectivity index (χ0n) is 44.7. The van der Waals surface area contributed by atoms with Crippen molar-refractivity contribution in [1.29, 1.82) is 0 Å². The first kappa shape index (κ1) is 50.3. The molecular weight excluding hydrogens is 885 g/mol. The molecule has 4 aliphatic carbocycles. The van der Waals surface area contributed by atoms with Gasteiger partial charge in [0.1, 0.15) is 5.58 Å². The van der Waals surface area contributed by atoms with Crippen molar-refractivity contribution in [3.05, 3.63) is 250 Å². The SMILES string of the molecule is C=Cc1c(/C(=C\C)N(C2=CC=C(C3=CC=CCC3)CC2)c2ccc(C3=CC4=C(CC3)c3ccccc3C43c4ccccc4-n4c5ccccc5c5cccc3c54)cc2)oc2ccccc12.CC.CC.CC.CC. The van der Waals surface area contributed by atoms with Crippen LogP contribution in [0.3, 0.4) is 0 Å². The van der Waals surface area contributed by atoms with E-state index in [0.29, 0.717) is 0 Å². The molecule has 0 amide bonds. The first-order valence-electron chi connectivity index (χ1n) is 27.3. The standard InChI is InChI=1S/C62H48N2O.4C2H6/c1-3-46-50-21-10-15-28-59(50)65-61(46)56(4-2)63(44-34-29-41(30-35-44)40-17-6-5-7-18-40)45-36-31-42(32-37-45)43-33-38-48-47-19-8-11-23-52(47)62(55(48)39-43)53-24-12-14-27-58(53)64-57-26-13-9-20-49(57)51-22-16-25-54(62)60(51)64;4*1-2/h3-6,8-17,19-29,31-32,34,36-37,39H,1,7,18,30,33,35,38H2,2H3;4*1-2H3/b56-4+;;;;. The van der Waals surface area contributed by atoms with Crippen LogP contribution in [0, 0.1) is 0 Å². The third kappa shape index (κ3) is 8.14. The number of furan rings is 1. The van der Waals surface area contributed by atoms with E-state index in [2.05, 4.69) is 199 Å². The summed E-state index contributed by atoms with van der Waals surface area (Å²) in [6.07, 6.45) is 24.3. The Morgan fingerprint density at radius 1 is 0.603 bits per heavy atom. The lowest BCUT2D eigenvalue weighted by Gasteiger charge is -2.41. The number of hydrogen-bond acceptors (Lipinski definition) is 2. The van der Waals surface area contributed by atoms with Crippen LogP contribution in [0.1, 0.15) is 140 Å². The van der Waals surface area contributed by atoms with Crippen LogP contribution in [0.15, 0.2) is 215 Å². The summed E-state index contributed by atoms with van der Waals surface area (Å²) in [7, 11) is 0. The molecule has 13 rings (SSSR count). The van der Waals surface area contributed by atoms with Gasteiger partial charge < -0.3 is 13.9 Å². The van der Waals surface area contributed by atoms with E-state index < -0.39 is 5.41 Å².